The number of hydrogen-bond donors (Lipinski definition) is 0. The minimum absolute atomic E-state index is 0.983. The van der Waals surface area contributed by atoms with Gasteiger partial charge in [0, 0.05) is 21.5 Å². The molecular weight excluding hydrogens is 429 g/mol. The second-order valence-corrected chi connectivity index (χ2v) is 11.1. The predicted octanol–water partition coefficient (Wildman–Crippen LogP) is 7.36. The fraction of sp³-hybridized carbons (Fsp3) is 0. The number of nitrogens with zero attached hydrogens (tertiary/aromatic N) is 1. The van der Waals surface area contributed by atoms with E-state index in [2.05, 4.69) is 152 Å². The van der Waals surface area contributed by atoms with Crippen molar-refractivity contribution in [2.75, 3.05) is 0 Å². The lowest BCUT2D eigenvalue weighted by molar-refractivity contribution is 1.53. The molecule has 0 aromatic heterocycles. The summed E-state index contributed by atoms with van der Waals surface area (Å²) >= 11 is 0. The topological polar surface area (TPSA) is 12.4 Å². The molecule has 34 heavy (non-hydrogen) atoms. The first kappa shape index (κ1) is 21.9. The van der Waals surface area contributed by atoms with Crippen LogP contribution in [0.25, 0.3) is 11.8 Å². The lowest BCUT2D eigenvalue weighted by atomic mass is 10.1. The Morgan fingerprint density at radius 1 is 0.441 bits per heavy atom. The molecule has 0 aliphatic rings. The molecule has 0 radical (unpaired) electrons. The SMILES string of the molecule is C(=C(/N=P(c1ccccc1)(c1ccccc1)c1ccccc1)c1ccccc1)/c1ccccc1. The van der Waals surface area contributed by atoms with E-state index in [4.69, 9.17) is 4.74 Å². The summed E-state index contributed by atoms with van der Waals surface area (Å²) in [5.74, 6) is 0. The molecule has 0 amide bonds. The highest BCUT2D eigenvalue weighted by Gasteiger charge is 2.27. The van der Waals surface area contributed by atoms with Crippen LogP contribution in [0.5, 0.6) is 0 Å². The average Bonchev–Trinajstić information content (AvgIpc) is 2.93. The maximum absolute atomic E-state index is 5.76. The Labute approximate surface area is 202 Å². The van der Waals surface area contributed by atoms with Gasteiger partial charge in [-0.3, -0.25) is 4.74 Å². The molecule has 164 valence electrons. The molecule has 0 unspecified atom stereocenters. The zero-order valence-electron chi connectivity index (χ0n) is 18.9. The van der Waals surface area contributed by atoms with Crippen molar-refractivity contribution < 1.29 is 0 Å². The van der Waals surface area contributed by atoms with Crippen LogP contribution in [0.1, 0.15) is 11.1 Å². The van der Waals surface area contributed by atoms with Crippen molar-refractivity contribution in [3.63, 3.8) is 0 Å². The van der Waals surface area contributed by atoms with Crippen LogP contribution in [0, 0.1) is 0 Å². The second-order valence-electron chi connectivity index (χ2n) is 8.05. The summed E-state index contributed by atoms with van der Waals surface area (Å²) in [6, 6.07) is 53.3. The summed E-state index contributed by atoms with van der Waals surface area (Å²) in [5, 5.41) is 3.71. The fourth-order valence-electron chi connectivity index (χ4n) is 4.20. The molecule has 0 spiro atoms. The number of benzene rings is 5. The maximum atomic E-state index is 5.76. The van der Waals surface area contributed by atoms with E-state index in [0.29, 0.717) is 0 Å². The van der Waals surface area contributed by atoms with Crippen molar-refractivity contribution in [2.24, 2.45) is 4.74 Å². The molecule has 0 N–H and O–H groups in total. The molecule has 5 aromatic rings. The van der Waals surface area contributed by atoms with E-state index in [1.807, 2.05) is 6.07 Å². The highest BCUT2D eigenvalue weighted by molar-refractivity contribution is 7.87. The summed E-state index contributed by atoms with van der Waals surface area (Å²) in [6.07, 6.45) is 2.21. The zero-order chi connectivity index (χ0) is 23.1. The van der Waals surface area contributed by atoms with E-state index >= 15 is 0 Å². The molecule has 0 atom stereocenters. The Morgan fingerprint density at radius 3 is 1.21 bits per heavy atom. The van der Waals surface area contributed by atoms with Crippen LogP contribution in [0.2, 0.25) is 0 Å². The molecule has 0 aliphatic carbocycles. The molecule has 5 aromatic carbocycles. The van der Waals surface area contributed by atoms with Crippen LogP contribution < -0.4 is 15.9 Å². The Kier molecular flexibility index (Phi) is 6.66. The third-order valence-corrected chi connectivity index (χ3v) is 9.47. The highest BCUT2D eigenvalue weighted by Crippen LogP contribution is 2.49. The van der Waals surface area contributed by atoms with Gasteiger partial charge in [0.05, 0.1) is 12.8 Å². The van der Waals surface area contributed by atoms with E-state index in [0.717, 1.165) is 16.8 Å². The summed E-state index contributed by atoms with van der Waals surface area (Å²) in [6.45, 7) is 0. The van der Waals surface area contributed by atoms with Crippen molar-refractivity contribution in [2.45, 2.75) is 0 Å². The molecule has 0 heterocycles. The van der Waals surface area contributed by atoms with Gasteiger partial charge in [-0.1, -0.05) is 152 Å². The molecule has 0 bridgehead atoms. The fourth-order valence-corrected chi connectivity index (χ4v) is 7.75. The van der Waals surface area contributed by atoms with Crippen LogP contribution in [-0.4, -0.2) is 0 Å². The van der Waals surface area contributed by atoms with Gasteiger partial charge in [-0.25, -0.2) is 0 Å². The van der Waals surface area contributed by atoms with Crippen molar-refractivity contribution in [1.29, 1.82) is 0 Å². The second kappa shape index (κ2) is 10.3. The Balaban J connectivity index is 1.90. The molecule has 0 saturated carbocycles. The molecule has 0 fully saturated rings. The maximum Gasteiger partial charge on any atom is 0.0703 e. The van der Waals surface area contributed by atoms with E-state index in [9.17, 15) is 0 Å². The number of hydrogen-bond acceptors (Lipinski definition) is 1. The standard InChI is InChI=1S/C32H26NP/c1-6-16-27(17-7-1)26-32(28-18-8-2-9-19-28)33-34(29-20-10-3-11-21-29,30-22-12-4-13-23-30)31-24-14-5-15-25-31/h1-26H/b32-26-. The first-order chi connectivity index (χ1) is 16.9. The highest BCUT2D eigenvalue weighted by atomic mass is 31.2. The summed E-state index contributed by atoms with van der Waals surface area (Å²) < 4.78 is 5.76. The van der Waals surface area contributed by atoms with Gasteiger partial charge < -0.3 is 0 Å². The van der Waals surface area contributed by atoms with Crippen LogP contribution in [0.4, 0.5) is 0 Å². The first-order valence-electron chi connectivity index (χ1n) is 11.5. The van der Waals surface area contributed by atoms with Crippen LogP contribution >= 0.6 is 7.05 Å². The minimum Gasteiger partial charge on any atom is -0.253 e. The van der Waals surface area contributed by atoms with E-state index < -0.39 is 7.05 Å². The molecule has 2 heteroatoms. The van der Waals surface area contributed by atoms with Gasteiger partial charge in [-0.15, -0.1) is 0 Å². The quantitative estimate of drug-likeness (QED) is 0.187. The van der Waals surface area contributed by atoms with Crippen molar-refractivity contribution in [3.8, 4) is 0 Å². The third-order valence-electron chi connectivity index (χ3n) is 5.82. The average molecular weight is 456 g/mol. The van der Waals surface area contributed by atoms with Gasteiger partial charge in [0.1, 0.15) is 0 Å². The lowest BCUT2D eigenvalue weighted by Crippen LogP contribution is -2.25. The first-order valence-corrected chi connectivity index (χ1v) is 13.2. The van der Waals surface area contributed by atoms with Gasteiger partial charge in [0.15, 0.2) is 0 Å². The van der Waals surface area contributed by atoms with Gasteiger partial charge in [-0.05, 0) is 11.6 Å². The summed E-state index contributed by atoms with van der Waals surface area (Å²) in [4.78, 5) is 0. The number of rotatable bonds is 6. The van der Waals surface area contributed by atoms with Gasteiger partial charge in [-0.2, -0.15) is 0 Å². The van der Waals surface area contributed by atoms with E-state index in [1.54, 1.807) is 0 Å². The van der Waals surface area contributed by atoms with Crippen LogP contribution in [0.15, 0.2) is 156 Å². The Hall–Kier alpha value is -3.93. The van der Waals surface area contributed by atoms with Gasteiger partial charge in [0.2, 0.25) is 0 Å². The van der Waals surface area contributed by atoms with Crippen LogP contribution in [-0.2, 0) is 0 Å². The molecule has 0 saturated heterocycles. The largest absolute Gasteiger partial charge is 0.253 e. The van der Waals surface area contributed by atoms with Gasteiger partial charge in [0.25, 0.3) is 0 Å². The zero-order valence-corrected chi connectivity index (χ0v) is 19.8. The monoisotopic (exact) mass is 455 g/mol. The van der Waals surface area contributed by atoms with E-state index in [-0.39, 0.29) is 0 Å². The molecule has 5 rings (SSSR count). The summed E-state index contributed by atoms with van der Waals surface area (Å²) in [5.41, 5.74) is 3.23. The molecule has 0 aliphatic heterocycles. The van der Waals surface area contributed by atoms with Crippen molar-refractivity contribution >= 4 is 34.7 Å². The molecule has 1 nitrogen and oxygen atoms in total. The molecular formula is C32H26NP. The van der Waals surface area contributed by atoms with Gasteiger partial charge >= 0.3 is 0 Å². The van der Waals surface area contributed by atoms with Crippen molar-refractivity contribution in [3.05, 3.63) is 163 Å². The lowest BCUT2D eigenvalue weighted by Gasteiger charge is -2.27. The minimum atomic E-state index is -2.36. The normalized spacial score (nSPS) is 11.7. The third kappa shape index (κ3) is 4.57. The Bertz CT molecular complexity index is 1310. The van der Waals surface area contributed by atoms with E-state index in [1.165, 1.54) is 15.9 Å². The smallest absolute Gasteiger partial charge is 0.0703 e. The predicted molar refractivity (Wildman–Crippen MR) is 148 cm³/mol. The summed E-state index contributed by atoms with van der Waals surface area (Å²) in [7, 11) is -2.36. The van der Waals surface area contributed by atoms with Crippen molar-refractivity contribution in [1.82, 2.24) is 0 Å². The van der Waals surface area contributed by atoms with Crippen LogP contribution in [0.3, 0.4) is 0 Å². The Morgan fingerprint density at radius 2 is 0.794 bits per heavy atom.